The molecule has 1 heterocycles. The van der Waals surface area contributed by atoms with Crippen LogP contribution in [0.1, 0.15) is 27.8 Å². The summed E-state index contributed by atoms with van der Waals surface area (Å²) < 4.78 is 31.1. The Morgan fingerprint density at radius 2 is 1.72 bits per heavy atom. The predicted octanol–water partition coefficient (Wildman–Crippen LogP) is 3.65. The second kappa shape index (κ2) is 8.55. The van der Waals surface area contributed by atoms with Gasteiger partial charge in [-0.25, -0.2) is 18.7 Å². The van der Waals surface area contributed by atoms with Gasteiger partial charge in [-0.3, -0.25) is 0 Å². The Balaban J connectivity index is 2.31. The Morgan fingerprint density at radius 3 is 2.31 bits per heavy atom. The summed E-state index contributed by atoms with van der Waals surface area (Å²) in [6.07, 6.45) is 0. The summed E-state index contributed by atoms with van der Waals surface area (Å²) in [6, 6.07) is 12.9. The van der Waals surface area contributed by atoms with Gasteiger partial charge in [0.05, 0.1) is 26.5 Å². The third-order valence-corrected chi connectivity index (χ3v) is 4.16. The molecule has 0 saturated carbocycles. The van der Waals surface area contributed by atoms with Crippen molar-refractivity contribution in [1.29, 1.82) is 0 Å². The fourth-order valence-corrected chi connectivity index (χ4v) is 2.89. The van der Waals surface area contributed by atoms with Crippen LogP contribution in [0.3, 0.4) is 0 Å². The van der Waals surface area contributed by atoms with Gasteiger partial charge in [0.25, 0.3) is 0 Å². The maximum absolute atomic E-state index is 14.8. The molecule has 2 aromatic carbocycles. The van der Waals surface area contributed by atoms with E-state index in [1.807, 2.05) is 0 Å². The number of halogens is 1. The van der Waals surface area contributed by atoms with E-state index in [0.29, 0.717) is 18.0 Å². The third-order valence-electron chi connectivity index (χ3n) is 4.16. The van der Waals surface area contributed by atoms with Crippen molar-refractivity contribution in [2.75, 3.05) is 20.8 Å². The fourth-order valence-electron chi connectivity index (χ4n) is 2.89. The van der Waals surface area contributed by atoms with Gasteiger partial charge in [-0.1, -0.05) is 18.2 Å². The first-order valence-electron chi connectivity index (χ1n) is 8.79. The van der Waals surface area contributed by atoms with E-state index in [2.05, 4.69) is 5.10 Å². The highest BCUT2D eigenvalue weighted by atomic mass is 19.1. The number of methoxy groups -OCH3 is 2. The molecular formula is C21H19FN2O5. The number of rotatable bonds is 6. The Labute approximate surface area is 166 Å². The quantitative estimate of drug-likeness (QED) is 0.590. The molecule has 1 aromatic heterocycles. The van der Waals surface area contributed by atoms with Gasteiger partial charge < -0.3 is 14.2 Å². The van der Waals surface area contributed by atoms with E-state index in [1.54, 1.807) is 43.3 Å². The summed E-state index contributed by atoms with van der Waals surface area (Å²) in [5.41, 5.74) is 0.131. The van der Waals surface area contributed by atoms with Gasteiger partial charge in [-0.2, -0.15) is 5.10 Å². The molecule has 0 unspecified atom stereocenters. The molecule has 0 radical (unpaired) electrons. The average molecular weight is 398 g/mol. The zero-order chi connectivity index (χ0) is 21.0. The standard InChI is InChI=1S/C21H19FN2O5/c1-4-29-14-10-11-15(16(22)12-14)18-17(20(25)27-2)19(21(26)28-3)24(23-18)13-8-6-5-7-9-13/h5-12H,4H2,1-3H3. The number of ether oxygens (including phenoxy) is 3. The molecule has 3 rings (SSSR count). The zero-order valence-electron chi connectivity index (χ0n) is 16.1. The smallest absolute Gasteiger partial charge is 0.357 e. The molecule has 0 bridgehead atoms. The van der Waals surface area contributed by atoms with Gasteiger partial charge in [0.1, 0.15) is 22.8 Å². The van der Waals surface area contributed by atoms with E-state index >= 15 is 0 Å². The van der Waals surface area contributed by atoms with E-state index in [1.165, 1.54) is 31.0 Å². The number of esters is 2. The zero-order valence-corrected chi connectivity index (χ0v) is 16.1. The normalized spacial score (nSPS) is 10.5. The Bertz CT molecular complexity index is 1050. The van der Waals surface area contributed by atoms with Crippen molar-refractivity contribution in [2.45, 2.75) is 6.92 Å². The molecule has 8 heteroatoms. The maximum atomic E-state index is 14.8. The van der Waals surface area contributed by atoms with Crippen LogP contribution in [-0.4, -0.2) is 42.5 Å². The van der Waals surface area contributed by atoms with Gasteiger partial charge in [0, 0.05) is 11.6 Å². The van der Waals surface area contributed by atoms with E-state index in [9.17, 15) is 14.0 Å². The number of carbonyl (C=O) groups excluding carboxylic acids is 2. The minimum absolute atomic E-state index is 0.0219. The number of hydrogen-bond donors (Lipinski definition) is 0. The summed E-state index contributed by atoms with van der Waals surface area (Å²) in [7, 11) is 2.35. The number of carbonyl (C=O) groups is 2. The van der Waals surface area contributed by atoms with Crippen LogP contribution in [0.15, 0.2) is 48.5 Å². The van der Waals surface area contributed by atoms with Crippen molar-refractivity contribution >= 4 is 11.9 Å². The van der Waals surface area contributed by atoms with Crippen LogP contribution in [-0.2, 0) is 9.47 Å². The Hall–Kier alpha value is -3.68. The van der Waals surface area contributed by atoms with Gasteiger partial charge in [0.2, 0.25) is 0 Å². The number of nitrogens with zero attached hydrogens (tertiary/aromatic N) is 2. The first kappa shape index (κ1) is 20.1. The molecule has 29 heavy (non-hydrogen) atoms. The lowest BCUT2D eigenvalue weighted by atomic mass is 10.0. The lowest BCUT2D eigenvalue weighted by Crippen LogP contribution is -2.15. The van der Waals surface area contributed by atoms with Crippen molar-refractivity contribution in [1.82, 2.24) is 9.78 Å². The summed E-state index contributed by atoms with van der Waals surface area (Å²) >= 11 is 0. The first-order chi connectivity index (χ1) is 14.0. The van der Waals surface area contributed by atoms with Crippen LogP contribution in [0.25, 0.3) is 16.9 Å². The molecule has 0 atom stereocenters. The largest absolute Gasteiger partial charge is 0.494 e. The predicted molar refractivity (Wildman–Crippen MR) is 103 cm³/mol. The van der Waals surface area contributed by atoms with E-state index in [0.717, 1.165) is 0 Å². The second-order valence-electron chi connectivity index (χ2n) is 5.88. The van der Waals surface area contributed by atoms with E-state index in [-0.39, 0.29) is 22.5 Å². The van der Waals surface area contributed by atoms with Crippen molar-refractivity contribution in [2.24, 2.45) is 0 Å². The number of aromatic nitrogens is 2. The average Bonchev–Trinajstić information content (AvgIpc) is 3.14. The molecule has 0 saturated heterocycles. The van der Waals surface area contributed by atoms with Crippen LogP contribution in [0.5, 0.6) is 5.75 Å². The van der Waals surface area contributed by atoms with Gasteiger partial charge in [-0.15, -0.1) is 0 Å². The summed E-state index contributed by atoms with van der Waals surface area (Å²) in [6.45, 7) is 2.16. The highest BCUT2D eigenvalue weighted by molar-refractivity contribution is 6.06. The summed E-state index contributed by atoms with van der Waals surface area (Å²) in [5.74, 6) is -1.96. The van der Waals surface area contributed by atoms with Crippen molar-refractivity contribution in [3.8, 4) is 22.7 Å². The van der Waals surface area contributed by atoms with Gasteiger partial charge in [-0.05, 0) is 31.2 Å². The molecule has 0 aliphatic heterocycles. The van der Waals surface area contributed by atoms with Gasteiger partial charge >= 0.3 is 11.9 Å². The lowest BCUT2D eigenvalue weighted by Gasteiger charge is -2.07. The summed E-state index contributed by atoms with van der Waals surface area (Å²) in [5, 5.41) is 4.36. The Kier molecular flexibility index (Phi) is 5.92. The number of hydrogen-bond acceptors (Lipinski definition) is 6. The van der Waals surface area contributed by atoms with Crippen molar-refractivity contribution in [3.05, 3.63) is 65.6 Å². The number of benzene rings is 2. The third kappa shape index (κ3) is 3.82. The summed E-state index contributed by atoms with van der Waals surface area (Å²) in [4.78, 5) is 25.1. The van der Waals surface area contributed by atoms with Crippen LogP contribution in [0, 0.1) is 5.82 Å². The SMILES string of the molecule is CCOc1ccc(-c2nn(-c3ccccc3)c(C(=O)OC)c2C(=O)OC)c(F)c1. The molecular weight excluding hydrogens is 379 g/mol. The molecule has 0 aliphatic rings. The lowest BCUT2D eigenvalue weighted by molar-refractivity contribution is 0.0549. The van der Waals surface area contributed by atoms with E-state index in [4.69, 9.17) is 14.2 Å². The molecule has 150 valence electrons. The van der Waals surface area contributed by atoms with Crippen LogP contribution >= 0.6 is 0 Å². The molecule has 0 amide bonds. The van der Waals surface area contributed by atoms with Crippen LogP contribution in [0.4, 0.5) is 4.39 Å². The van der Waals surface area contributed by atoms with Crippen LogP contribution < -0.4 is 4.74 Å². The topological polar surface area (TPSA) is 79.7 Å². The van der Waals surface area contributed by atoms with Crippen LogP contribution in [0.2, 0.25) is 0 Å². The molecule has 0 aliphatic carbocycles. The molecule has 7 nitrogen and oxygen atoms in total. The molecule has 0 spiro atoms. The van der Waals surface area contributed by atoms with E-state index < -0.39 is 17.8 Å². The first-order valence-corrected chi connectivity index (χ1v) is 8.79. The monoisotopic (exact) mass is 398 g/mol. The van der Waals surface area contributed by atoms with Crippen molar-refractivity contribution in [3.63, 3.8) is 0 Å². The molecule has 3 aromatic rings. The highest BCUT2D eigenvalue weighted by Crippen LogP contribution is 2.32. The maximum Gasteiger partial charge on any atom is 0.357 e. The molecule has 0 fully saturated rings. The minimum Gasteiger partial charge on any atom is -0.494 e. The number of para-hydroxylation sites is 1. The molecule has 0 N–H and O–H groups in total. The highest BCUT2D eigenvalue weighted by Gasteiger charge is 2.32. The van der Waals surface area contributed by atoms with Gasteiger partial charge in [0.15, 0.2) is 5.69 Å². The Morgan fingerprint density at radius 1 is 1.03 bits per heavy atom. The fraction of sp³-hybridized carbons (Fsp3) is 0.190. The minimum atomic E-state index is -0.837. The van der Waals surface area contributed by atoms with Crippen molar-refractivity contribution < 1.29 is 28.2 Å². The second-order valence-corrected chi connectivity index (χ2v) is 5.88.